The first-order valence-electron chi connectivity index (χ1n) is 9.17. The van der Waals surface area contributed by atoms with Gasteiger partial charge in [-0.3, -0.25) is 14.5 Å². The lowest BCUT2D eigenvalue weighted by Crippen LogP contribution is -2.32. The molecule has 1 N–H and O–H groups in total. The number of anilines is 1. The van der Waals surface area contributed by atoms with Crippen molar-refractivity contribution in [2.45, 2.75) is 13.5 Å². The first-order chi connectivity index (χ1) is 13.6. The summed E-state index contributed by atoms with van der Waals surface area (Å²) in [7, 11) is 0. The van der Waals surface area contributed by atoms with Crippen molar-refractivity contribution in [2.24, 2.45) is 0 Å². The average Bonchev–Trinajstić information content (AvgIpc) is 2.95. The van der Waals surface area contributed by atoms with Crippen molar-refractivity contribution in [3.05, 3.63) is 107 Å². The summed E-state index contributed by atoms with van der Waals surface area (Å²) >= 11 is 0. The molecular formula is C24H20N2O2. The molecule has 28 heavy (non-hydrogen) atoms. The first kappa shape index (κ1) is 17.7. The number of rotatable bonds is 5. The fourth-order valence-corrected chi connectivity index (χ4v) is 3.25. The molecule has 0 bridgehead atoms. The van der Waals surface area contributed by atoms with E-state index in [-0.39, 0.29) is 18.4 Å². The second kappa shape index (κ2) is 7.53. The second-order valence-electron chi connectivity index (χ2n) is 6.79. The Balaban J connectivity index is 1.71. The minimum absolute atomic E-state index is 0.244. The number of nitrogens with zero attached hydrogens (tertiary/aromatic N) is 1. The third-order valence-electron chi connectivity index (χ3n) is 4.73. The molecule has 1 aliphatic heterocycles. The topological polar surface area (TPSA) is 49.4 Å². The van der Waals surface area contributed by atoms with Crippen LogP contribution >= 0.6 is 0 Å². The number of nitrogens with one attached hydrogen (secondary N) is 1. The number of carbonyl (C=O) groups excluding carboxylic acids is 2. The maximum absolute atomic E-state index is 13.2. The van der Waals surface area contributed by atoms with Crippen LogP contribution in [0.2, 0.25) is 0 Å². The number of amides is 2. The Labute approximate surface area is 164 Å². The summed E-state index contributed by atoms with van der Waals surface area (Å²) in [5, 5.41) is 3.16. The Morgan fingerprint density at radius 1 is 0.750 bits per heavy atom. The molecule has 0 saturated heterocycles. The molecule has 138 valence electrons. The molecule has 4 rings (SSSR count). The summed E-state index contributed by atoms with van der Waals surface area (Å²) in [6.07, 6.45) is 0. The number of aryl methyl sites for hydroxylation is 1. The van der Waals surface area contributed by atoms with E-state index in [0.717, 1.165) is 22.4 Å². The molecule has 0 atom stereocenters. The van der Waals surface area contributed by atoms with Crippen LogP contribution in [0, 0.1) is 6.92 Å². The third-order valence-corrected chi connectivity index (χ3v) is 4.73. The van der Waals surface area contributed by atoms with E-state index in [0.29, 0.717) is 11.3 Å². The summed E-state index contributed by atoms with van der Waals surface area (Å²) in [4.78, 5) is 27.7. The molecule has 0 spiro atoms. The van der Waals surface area contributed by atoms with E-state index in [1.807, 2.05) is 91.9 Å². The van der Waals surface area contributed by atoms with Crippen molar-refractivity contribution in [3.8, 4) is 0 Å². The molecule has 0 aromatic heterocycles. The van der Waals surface area contributed by atoms with E-state index in [2.05, 4.69) is 5.32 Å². The average molecular weight is 368 g/mol. The van der Waals surface area contributed by atoms with Crippen LogP contribution in [-0.4, -0.2) is 16.7 Å². The Morgan fingerprint density at radius 2 is 1.36 bits per heavy atom. The van der Waals surface area contributed by atoms with Crippen molar-refractivity contribution >= 4 is 23.1 Å². The quantitative estimate of drug-likeness (QED) is 0.680. The van der Waals surface area contributed by atoms with Gasteiger partial charge in [0.15, 0.2) is 0 Å². The van der Waals surface area contributed by atoms with Crippen LogP contribution < -0.4 is 5.32 Å². The molecule has 4 nitrogen and oxygen atoms in total. The van der Waals surface area contributed by atoms with Gasteiger partial charge in [-0.1, -0.05) is 78.4 Å². The van der Waals surface area contributed by atoms with Gasteiger partial charge in [0.25, 0.3) is 11.8 Å². The molecule has 0 unspecified atom stereocenters. The zero-order valence-electron chi connectivity index (χ0n) is 15.6. The van der Waals surface area contributed by atoms with Crippen molar-refractivity contribution in [3.63, 3.8) is 0 Å². The summed E-state index contributed by atoms with van der Waals surface area (Å²) < 4.78 is 0. The van der Waals surface area contributed by atoms with Crippen LogP contribution in [0.1, 0.15) is 16.7 Å². The number of hydrogen-bond donors (Lipinski definition) is 1. The van der Waals surface area contributed by atoms with Gasteiger partial charge in [-0.05, 0) is 30.2 Å². The maximum atomic E-state index is 13.2. The number of benzene rings is 3. The summed E-state index contributed by atoms with van der Waals surface area (Å²) in [5.74, 6) is -0.594. The Morgan fingerprint density at radius 3 is 2.00 bits per heavy atom. The summed E-state index contributed by atoms with van der Waals surface area (Å²) in [6.45, 7) is 2.25. The van der Waals surface area contributed by atoms with Gasteiger partial charge < -0.3 is 5.32 Å². The Kier molecular flexibility index (Phi) is 4.77. The molecule has 1 aliphatic rings. The fourth-order valence-electron chi connectivity index (χ4n) is 3.25. The van der Waals surface area contributed by atoms with Crippen molar-refractivity contribution in [2.75, 3.05) is 5.32 Å². The highest BCUT2D eigenvalue weighted by molar-refractivity contribution is 6.36. The van der Waals surface area contributed by atoms with Crippen LogP contribution in [0.3, 0.4) is 0 Å². The molecule has 3 aromatic carbocycles. The van der Waals surface area contributed by atoms with Crippen LogP contribution in [-0.2, 0) is 16.1 Å². The van der Waals surface area contributed by atoms with E-state index < -0.39 is 0 Å². The molecule has 0 fully saturated rings. The SMILES string of the molecule is Cc1ccc(CN2C(=O)C(Nc3ccccc3)=C(c3ccccc3)C2=O)cc1. The lowest BCUT2D eigenvalue weighted by Gasteiger charge is -2.15. The second-order valence-corrected chi connectivity index (χ2v) is 6.79. The van der Waals surface area contributed by atoms with E-state index in [1.54, 1.807) is 0 Å². The van der Waals surface area contributed by atoms with E-state index in [9.17, 15) is 9.59 Å². The summed E-state index contributed by atoms with van der Waals surface area (Å²) in [6, 6.07) is 26.6. The number of hydrogen-bond acceptors (Lipinski definition) is 3. The molecular weight excluding hydrogens is 348 g/mol. The fraction of sp³-hybridized carbons (Fsp3) is 0.0833. The molecule has 0 saturated carbocycles. The standard InChI is InChI=1S/C24H20N2O2/c1-17-12-14-18(15-13-17)16-26-23(27)21(19-8-4-2-5-9-19)22(24(26)28)25-20-10-6-3-7-11-20/h2-15,25H,16H2,1H3. The minimum atomic E-state index is -0.312. The lowest BCUT2D eigenvalue weighted by atomic mass is 10.0. The van der Waals surface area contributed by atoms with E-state index in [1.165, 1.54) is 4.90 Å². The minimum Gasteiger partial charge on any atom is -0.350 e. The lowest BCUT2D eigenvalue weighted by molar-refractivity contribution is -0.137. The molecule has 0 radical (unpaired) electrons. The maximum Gasteiger partial charge on any atom is 0.278 e. The predicted octanol–water partition coefficient (Wildman–Crippen LogP) is 4.39. The highest BCUT2D eigenvalue weighted by atomic mass is 16.2. The summed E-state index contributed by atoms with van der Waals surface area (Å²) in [5.41, 5.74) is 4.27. The zero-order valence-corrected chi connectivity index (χ0v) is 15.6. The van der Waals surface area contributed by atoms with Gasteiger partial charge in [-0.25, -0.2) is 0 Å². The van der Waals surface area contributed by atoms with Crippen LogP contribution in [0.15, 0.2) is 90.6 Å². The Bertz CT molecular complexity index is 1040. The first-order valence-corrected chi connectivity index (χ1v) is 9.17. The normalized spacial score (nSPS) is 14.0. The third kappa shape index (κ3) is 3.45. The highest BCUT2D eigenvalue weighted by Crippen LogP contribution is 2.31. The van der Waals surface area contributed by atoms with Gasteiger partial charge >= 0.3 is 0 Å². The largest absolute Gasteiger partial charge is 0.350 e. The van der Waals surface area contributed by atoms with Gasteiger partial charge in [-0.15, -0.1) is 0 Å². The van der Waals surface area contributed by atoms with E-state index in [4.69, 9.17) is 0 Å². The van der Waals surface area contributed by atoms with Gasteiger partial charge in [0.2, 0.25) is 0 Å². The Hall–Kier alpha value is -3.66. The molecule has 3 aromatic rings. The van der Waals surface area contributed by atoms with Crippen molar-refractivity contribution < 1.29 is 9.59 Å². The van der Waals surface area contributed by atoms with Gasteiger partial charge in [-0.2, -0.15) is 0 Å². The van der Waals surface area contributed by atoms with Crippen molar-refractivity contribution in [1.29, 1.82) is 0 Å². The predicted molar refractivity (Wildman–Crippen MR) is 110 cm³/mol. The monoisotopic (exact) mass is 368 g/mol. The van der Waals surface area contributed by atoms with Gasteiger partial charge in [0.1, 0.15) is 5.70 Å². The number of para-hydroxylation sites is 1. The number of carbonyl (C=O) groups is 2. The van der Waals surface area contributed by atoms with Gasteiger partial charge in [0.05, 0.1) is 12.1 Å². The van der Waals surface area contributed by atoms with Crippen LogP contribution in [0.25, 0.3) is 5.57 Å². The molecule has 2 amide bonds. The van der Waals surface area contributed by atoms with Crippen LogP contribution in [0.5, 0.6) is 0 Å². The molecule has 1 heterocycles. The van der Waals surface area contributed by atoms with Crippen molar-refractivity contribution in [1.82, 2.24) is 4.90 Å². The van der Waals surface area contributed by atoms with E-state index >= 15 is 0 Å². The molecule has 0 aliphatic carbocycles. The van der Waals surface area contributed by atoms with Crippen LogP contribution in [0.4, 0.5) is 5.69 Å². The zero-order chi connectivity index (χ0) is 19.5. The smallest absolute Gasteiger partial charge is 0.278 e. The highest BCUT2D eigenvalue weighted by Gasteiger charge is 2.39. The van der Waals surface area contributed by atoms with Gasteiger partial charge in [0, 0.05) is 5.69 Å². The molecule has 4 heteroatoms. The number of imide groups is 1.